The lowest BCUT2D eigenvalue weighted by Crippen LogP contribution is -2.19. The van der Waals surface area contributed by atoms with Crippen molar-refractivity contribution in [3.63, 3.8) is 0 Å². The first-order chi connectivity index (χ1) is 8.06. The molecule has 0 aromatic heterocycles. The van der Waals surface area contributed by atoms with Gasteiger partial charge in [-0.3, -0.25) is 4.79 Å². The van der Waals surface area contributed by atoms with E-state index in [-0.39, 0.29) is 18.3 Å². The molecule has 0 N–H and O–H groups in total. The summed E-state index contributed by atoms with van der Waals surface area (Å²) in [6, 6.07) is 7.92. The fraction of sp³-hybridized carbons (Fsp3) is 0.533. The first kappa shape index (κ1) is 13.8. The van der Waals surface area contributed by atoms with Crippen LogP contribution < -0.4 is 4.74 Å². The summed E-state index contributed by atoms with van der Waals surface area (Å²) in [5.41, 5.74) is 1.16. The number of benzene rings is 1. The molecule has 0 saturated carbocycles. The molecule has 1 aromatic rings. The maximum absolute atomic E-state index is 11.7. The lowest BCUT2D eigenvalue weighted by Gasteiger charge is -2.14. The largest absolute Gasteiger partial charge is 0.486 e. The number of hydrogen-bond donors (Lipinski definition) is 0. The number of carbonyl (C=O) groups excluding carboxylic acids is 1. The third-order valence-electron chi connectivity index (χ3n) is 3.07. The Balaban J connectivity index is 2.66. The summed E-state index contributed by atoms with van der Waals surface area (Å²) >= 11 is 0. The summed E-state index contributed by atoms with van der Waals surface area (Å²) in [4.78, 5) is 11.7. The number of carbonyl (C=O) groups is 1. The molecule has 2 heteroatoms. The quantitative estimate of drug-likeness (QED) is 0.748. The number of hydrogen-bond acceptors (Lipinski definition) is 2. The average Bonchev–Trinajstić information content (AvgIpc) is 2.35. The molecule has 0 aliphatic rings. The highest BCUT2D eigenvalue weighted by Crippen LogP contribution is 2.25. The van der Waals surface area contributed by atoms with E-state index in [1.54, 1.807) is 0 Å². The van der Waals surface area contributed by atoms with Crippen LogP contribution in [0, 0.1) is 5.92 Å². The second kappa shape index (κ2) is 6.43. The summed E-state index contributed by atoms with van der Waals surface area (Å²) in [6.45, 7) is 8.39. The zero-order chi connectivity index (χ0) is 12.8. The Morgan fingerprint density at radius 1 is 1.24 bits per heavy atom. The van der Waals surface area contributed by atoms with E-state index in [0.29, 0.717) is 5.92 Å². The van der Waals surface area contributed by atoms with E-state index < -0.39 is 0 Å². The Hall–Kier alpha value is -1.31. The summed E-state index contributed by atoms with van der Waals surface area (Å²) in [5, 5.41) is 0. The maximum atomic E-state index is 11.7. The van der Waals surface area contributed by atoms with Crippen LogP contribution in [0.4, 0.5) is 0 Å². The van der Waals surface area contributed by atoms with Crippen molar-refractivity contribution in [3.8, 4) is 5.75 Å². The fourth-order valence-corrected chi connectivity index (χ4v) is 1.61. The minimum atomic E-state index is 0.0845. The Bertz CT molecular complexity index is 369. The van der Waals surface area contributed by atoms with Crippen molar-refractivity contribution in [1.29, 1.82) is 0 Å². The monoisotopic (exact) mass is 234 g/mol. The molecule has 17 heavy (non-hydrogen) atoms. The second-order valence-corrected chi connectivity index (χ2v) is 4.76. The molecule has 2 nitrogen and oxygen atoms in total. The molecule has 0 amide bonds. The zero-order valence-electron chi connectivity index (χ0n) is 11.2. The zero-order valence-corrected chi connectivity index (χ0v) is 11.2. The molecular weight excluding hydrogens is 212 g/mol. The Morgan fingerprint density at radius 2 is 1.88 bits per heavy atom. The molecule has 0 heterocycles. The predicted molar refractivity (Wildman–Crippen MR) is 70.5 cm³/mol. The minimum Gasteiger partial charge on any atom is -0.486 e. The van der Waals surface area contributed by atoms with Gasteiger partial charge in [-0.05, 0) is 24.0 Å². The molecule has 0 bridgehead atoms. The van der Waals surface area contributed by atoms with Gasteiger partial charge in [0, 0.05) is 5.92 Å². The van der Waals surface area contributed by atoms with Crippen LogP contribution in [-0.4, -0.2) is 12.4 Å². The first-order valence-electron chi connectivity index (χ1n) is 6.30. The maximum Gasteiger partial charge on any atom is 0.172 e. The van der Waals surface area contributed by atoms with Gasteiger partial charge in [-0.2, -0.15) is 0 Å². The Morgan fingerprint density at radius 3 is 2.47 bits per heavy atom. The first-order valence-corrected chi connectivity index (χ1v) is 6.30. The van der Waals surface area contributed by atoms with E-state index >= 15 is 0 Å². The van der Waals surface area contributed by atoms with E-state index in [2.05, 4.69) is 13.8 Å². The Kier molecular flexibility index (Phi) is 5.20. The van der Waals surface area contributed by atoms with Crippen molar-refractivity contribution >= 4 is 5.78 Å². The van der Waals surface area contributed by atoms with Crippen molar-refractivity contribution in [3.05, 3.63) is 29.8 Å². The van der Waals surface area contributed by atoms with Crippen LogP contribution in [0.5, 0.6) is 5.75 Å². The van der Waals surface area contributed by atoms with Gasteiger partial charge in [-0.25, -0.2) is 0 Å². The topological polar surface area (TPSA) is 26.3 Å². The van der Waals surface area contributed by atoms with Crippen LogP contribution in [0.1, 0.15) is 45.6 Å². The molecule has 1 rings (SSSR count). The average molecular weight is 234 g/mol. The fourth-order valence-electron chi connectivity index (χ4n) is 1.61. The lowest BCUT2D eigenvalue weighted by molar-refractivity contribution is -0.124. The summed E-state index contributed by atoms with van der Waals surface area (Å²) in [5.74, 6) is 1.50. The van der Waals surface area contributed by atoms with Crippen molar-refractivity contribution < 1.29 is 9.53 Å². The number of rotatable bonds is 6. The number of Topliss-reactive ketones (excluding diaryl/α,β-unsaturated/α-hetero) is 1. The number of para-hydroxylation sites is 1. The van der Waals surface area contributed by atoms with Crippen molar-refractivity contribution in [1.82, 2.24) is 0 Å². The van der Waals surface area contributed by atoms with E-state index in [1.807, 2.05) is 38.1 Å². The smallest absolute Gasteiger partial charge is 0.172 e. The van der Waals surface area contributed by atoms with Crippen molar-refractivity contribution in [2.24, 2.45) is 5.92 Å². The van der Waals surface area contributed by atoms with E-state index in [4.69, 9.17) is 4.74 Å². The molecule has 1 unspecified atom stereocenters. The molecular formula is C15H22O2. The van der Waals surface area contributed by atoms with Gasteiger partial charge in [0.15, 0.2) is 5.78 Å². The predicted octanol–water partition coefficient (Wildman–Crippen LogP) is 3.80. The number of ketones is 1. The molecule has 0 spiro atoms. The highest BCUT2D eigenvalue weighted by atomic mass is 16.5. The molecule has 1 aromatic carbocycles. The van der Waals surface area contributed by atoms with Gasteiger partial charge in [0.25, 0.3) is 0 Å². The normalized spacial score (nSPS) is 12.5. The third kappa shape index (κ3) is 3.88. The summed E-state index contributed by atoms with van der Waals surface area (Å²) < 4.78 is 5.63. The van der Waals surface area contributed by atoms with E-state index in [9.17, 15) is 4.79 Å². The van der Waals surface area contributed by atoms with Crippen LogP contribution in [0.2, 0.25) is 0 Å². The van der Waals surface area contributed by atoms with Gasteiger partial charge >= 0.3 is 0 Å². The van der Waals surface area contributed by atoms with E-state index in [0.717, 1.165) is 17.7 Å². The number of ether oxygens (including phenoxy) is 1. The van der Waals surface area contributed by atoms with Crippen LogP contribution in [0.15, 0.2) is 24.3 Å². The van der Waals surface area contributed by atoms with Crippen molar-refractivity contribution in [2.45, 2.75) is 40.0 Å². The van der Waals surface area contributed by atoms with Gasteiger partial charge in [-0.15, -0.1) is 0 Å². The highest BCUT2D eigenvalue weighted by molar-refractivity contribution is 5.82. The third-order valence-corrected chi connectivity index (χ3v) is 3.07. The van der Waals surface area contributed by atoms with Crippen LogP contribution >= 0.6 is 0 Å². The van der Waals surface area contributed by atoms with E-state index in [1.165, 1.54) is 0 Å². The molecule has 1 atom stereocenters. The second-order valence-electron chi connectivity index (χ2n) is 4.76. The minimum absolute atomic E-state index is 0.0845. The van der Waals surface area contributed by atoms with Gasteiger partial charge < -0.3 is 4.74 Å². The molecule has 0 aliphatic heterocycles. The SMILES string of the molecule is CCC(C)C(=O)COc1ccccc1C(C)C. The lowest BCUT2D eigenvalue weighted by atomic mass is 10.0. The van der Waals surface area contributed by atoms with Gasteiger partial charge in [0.05, 0.1) is 0 Å². The van der Waals surface area contributed by atoms with Crippen LogP contribution in [0.25, 0.3) is 0 Å². The van der Waals surface area contributed by atoms with Gasteiger partial charge in [0.2, 0.25) is 0 Å². The molecule has 0 fully saturated rings. The Labute approximate surface area is 104 Å². The van der Waals surface area contributed by atoms with Crippen LogP contribution in [-0.2, 0) is 4.79 Å². The van der Waals surface area contributed by atoms with Crippen molar-refractivity contribution in [2.75, 3.05) is 6.61 Å². The summed E-state index contributed by atoms with van der Waals surface area (Å²) in [7, 11) is 0. The highest BCUT2D eigenvalue weighted by Gasteiger charge is 2.13. The molecule has 0 aliphatic carbocycles. The standard InChI is InChI=1S/C15H22O2/c1-5-12(4)14(16)10-17-15-9-7-6-8-13(15)11(2)3/h6-9,11-12H,5,10H2,1-4H3. The summed E-state index contributed by atoms with van der Waals surface area (Å²) in [6.07, 6.45) is 0.869. The van der Waals surface area contributed by atoms with Gasteiger partial charge in [0.1, 0.15) is 12.4 Å². The molecule has 0 radical (unpaired) electrons. The van der Waals surface area contributed by atoms with Gasteiger partial charge in [-0.1, -0.05) is 45.9 Å². The molecule has 94 valence electrons. The van der Waals surface area contributed by atoms with Crippen LogP contribution in [0.3, 0.4) is 0 Å². The molecule has 0 saturated heterocycles.